The highest BCUT2D eigenvalue weighted by Gasteiger charge is 1.93. The second kappa shape index (κ2) is 6.79. The molecule has 1 rings (SSSR count). The summed E-state index contributed by atoms with van der Waals surface area (Å²) in [5, 5.41) is 3.25. The molecule has 1 heterocycles. The summed E-state index contributed by atoms with van der Waals surface area (Å²) in [5.41, 5.74) is 0. The van der Waals surface area contributed by atoms with Crippen LogP contribution in [0.25, 0.3) is 0 Å². The molecule has 0 aromatic carbocycles. The van der Waals surface area contributed by atoms with Crippen LogP contribution in [0.15, 0.2) is 22.8 Å². The Balaban J connectivity index is 2.18. The molecule has 0 saturated carbocycles. The quantitative estimate of drug-likeness (QED) is 0.630. The molecule has 0 aliphatic rings. The van der Waals surface area contributed by atoms with Crippen LogP contribution in [0.5, 0.6) is 0 Å². The van der Waals surface area contributed by atoms with Gasteiger partial charge in [-0.2, -0.15) is 0 Å². The van der Waals surface area contributed by atoms with Crippen LogP contribution in [0.1, 0.15) is 12.8 Å². The molecule has 1 aromatic heterocycles. The number of nitrogens with zero attached hydrogens (tertiary/aromatic N) is 1. The van der Waals surface area contributed by atoms with E-state index in [1.165, 1.54) is 0 Å². The molecule has 78 valence electrons. The molecule has 3 nitrogen and oxygen atoms in total. The predicted molar refractivity (Wildman–Crippen MR) is 61.5 cm³/mol. The first-order valence-electron chi connectivity index (χ1n) is 4.68. The summed E-state index contributed by atoms with van der Waals surface area (Å²) in [4.78, 5) is 4.27. The number of rotatable bonds is 6. The van der Waals surface area contributed by atoms with Crippen LogP contribution in [0.2, 0.25) is 0 Å². The zero-order chi connectivity index (χ0) is 10.2. The van der Waals surface area contributed by atoms with Crippen LogP contribution in [0, 0.1) is 0 Å². The number of ether oxygens (including phenoxy) is 1. The minimum Gasteiger partial charge on any atom is -0.385 e. The van der Waals surface area contributed by atoms with Crippen molar-refractivity contribution in [1.82, 2.24) is 4.98 Å². The Morgan fingerprint density at radius 3 is 3.00 bits per heavy atom. The van der Waals surface area contributed by atoms with E-state index in [2.05, 4.69) is 26.2 Å². The van der Waals surface area contributed by atoms with Crippen LogP contribution < -0.4 is 5.32 Å². The molecule has 1 N–H and O–H groups in total. The van der Waals surface area contributed by atoms with Crippen LogP contribution >= 0.6 is 15.9 Å². The Kier molecular flexibility index (Phi) is 5.56. The summed E-state index contributed by atoms with van der Waals surface area (Å²) in [6.45, 7) is 1.76. The van der Waals surface area contributed by atoms with Gasteiger partial charge in [-0.25, -0.2) is 4.98 Å². The summed E-state index contributed by atoms with van der Waals surface area (Å²) >= 11 is 3.32. The van der Waals surface area contributed by atoms with E-state index < -0.39 is 0 Å². The molecule has 4 heteroatoms. The van der Waals surface area contributed by atoms with E-state index in [-0.39, 0.29) is 0 Å². The molecule has 0 radical (unpaired) electrons. The van der Waals surface area contributed by atoms with E-state index in [0.29, 0.717) is 0 Å². The van der Waals surface area contributed by atoms with Crippen LogP contribution in [0.3, 0.4) is 0 Å². The van der Waals surface area contributed by atoms with Gasteiger partial charge in [-0.05, 0) is 40.9 Å². The van der Waals surface area contributed by atoms with Gasteiger partial charge in [0.15, 0.2) is 0 Å². The maximum atomic E-state index is 4.96. The van der Waals surface area contributed by atoms with Crippen molar-refractivity contribution in [3.05, 3.63) is 22.8 Å². The van der Waals surface area contributed by atoms with Crippen LogP contribution in [0.4, 0.5) is 5.82 Å². The first-order valence-corrected chi connectivity index (χ1v) is 5.47. The van der Waals surface area contributed by atoms with E-state index in [1.807, 2.05) is 18.2 Å². The highest BCUT2D eigenvalue weighted by Crippen LogP contribution is 2.09. The van der Waals surface area contributed by atoms with Gasteiger partial charge in [0.2, 0.25) is 0 Å². The molecule has 0 saturated heterocycles. The number of hydrogen-bond donors (Lipinski definition) is 1. The third kappa shape index (κ3) is 4.58. The van der Waals surface area contributed by atoms with Crippen molar-refractivity contribution in [2.75, 3.05) is 25.6 Å². The zero-order valence-corrected chi connectivity index (χ0v) is 9.88. The lowest BCUT2D eigenvalue weighted by molar-refractivity contribution is 0.194. The lowest BCUT2D eigenvalue weighted by atomic mass is 10.3. The topological polar surface area (TPSA) is 34.1 Å². The summed E-state index contributed by atoms with van der Waals surface area (Å²) < 4.78 is 5.82. The molecular weight excluding hydrogens is 244 g/mol. The van der Waals surface area contributed by atoms with Crippen molar-refractivity contribution in [3.63, 3.8) is 0 Å². The normalized spacial score (nSPS) is 10.1. The third-order valence-electron chi connectivity index (χ3n) is 1.80. The van der Waals surface area contributed by atoms with Gasteiger partial charge in [-0.3, -0.25) is 0 Å². The molecule has 0 aliphatic heterocycles. The number of unbranched alkanes of at least 4 members (excludes halogenated alkanes) is 1. The molecule has 0 amide bonds. The van der Waals surface area contributed by atoms with Crippen LogP contribution in [-0.4, -0.2) is 25.2 Å². The fourth-order valence-electron chi connectivity index (χ4n) is 1.09. The van der Waals surface area contributed by atoms with E-state index in [1.54, 1.807) is 7.11 Å². The van der Waals surface area contributed by atoms with E-state index >= 15 is 0 Å². The molecule has 0 aliphatic carbocycles. The zero-order valence-electron chi connectivity index (χ0n) is 8.29. The Labute approximate surface area is 93.0 Å². The van der Waals surface area contributed by atoms with Gasteiger partial charge in [0.1, 0.15) is 10.4 Å². The summed E-state index contributed by atoms with van der Waals surface area (Å²) in [6, 6.07) is 5.84. The molecule has 1 aromatic rings. The standard InChI is InChI=1S/C10H15BrN2O/c1-14-8-3-2-7-12-10-6-4-5-9(11)13-10/h4-6H,2-3,7-8H2,1H3,(H,12,13). The maximum absolute atomic E-state index is 4.96. The Bertz CT molecular complexity index is 268. The number of halogens is 1. The third-order valence-corrected chi connectivity index (χ3v) is 2.24. The number of hydrogen-bond acceptors (Lipinski definition) is 3. The number of methoxy groups -OCH3 is 1. The lowest BCUT2D eigenvalue weighted by Crippen LogP contribution is -2.04. The van der Waals surface area contributed by atoms with E-state index in [9.17, 15) is 0 Å². The van der Waals surface area contributed by atoms with Gasteiger partial charge in [0, 0.05) is 20.3 Å². The first-order chi connectivity index (χ1) is 6.83. The molecule has 0 atom stereocenters. The summed E-state index contributed by atoms with van der Waals surface area (Å²) in [6.07, 6.45) is 2.18. The van der Waals surface area contributed by atoms with E-state index in [0.717, 1.165) is 36.4 Å². The highest BCUT2D eigenvalue weighted by molar-refractivity contribution is 9.10. The SMILES string of the molecule is COCCCCNc1cccc(Br)n1. The second-order valence-electron chi connectivity index (χ2n) is 2.97. The van der Waals surface area contributed by atoms with Gasteiger partial charge < -0.3 is 10.1 Å². The Morgan fingerprint density at radius 2 is 2.29 bits per heavy atom. The number of aromatic nitrogens is 1. The molecular formula is C10H15BrN2O. The van der Waals surface area contributed by atoms with Crippen molar-refractivity contribution < 1.29 is 4.74 Å². The Hall–Kier alpha value is -0.610. The van der Waals surface area contributed by atoms with Gasteiger partial charge >= 0.3 is 0 Å². The van der Waals surface area contributed by atoms with Crippen molar-refractivity contribution in [2.24, 2.45) is 0 Å². The summed E-state index contributed by atoms with van der Waals surface area (Å²) in [7, 11) is 1.73. The lowest BCUT2D eigenvalue weighted by Gasteiger charge is -2.04. The monoisotopic (exact) mass is 258 g/mol. The van der Waals surface area contributed by atoms with E-state index in [4.69, 9.17) is 4.74 Å². The average Bonchev–Trinajstić information content (AvgIpc) is 2.18. The van der Waals surface area contributed by atoms with Gasteiger partial charge in [0.05, 0.1) is 0 Å². The molecule has 0 bridgehead atoms. The number of anilines is 1. The molecule has 0 unspecified atom stereocenters. The molecule has 0 spiro atoms. The average molecular weight is 259 g/mol. The second-order valence-corrected chi connectivity index (χ2v) is 3.78. The van der Waals surface area contributed by atoms with Crippen LogP contribution in [-0.2, 0) is 4.74 Å². The van der Waals surface area contributed by atoms with Crippen molar-refractivity contribution in [2.45, 2.75) is 12.8 Å². The highest BCUT2D eigenvalue weighted by atomic mass is 79.9. The predicted octanol–water partition coefficient (Wildman–Crippen LogP) is 2.68. The minimum atomic E-state index is 0.827. The maximum Gasteiger partial charge on any atom is 0.127 e. The fraction of sp³-hybridized carbons (Fsp3) is 0.500. The fourth-order valence-corrected chi connectivity index (χ4v) is 1.44. The smallest absolute Gasteiger partial charge is 0.127 e. The van der Waals surface area contributed by atoms with Crippen molar-refractivity contribution in [3.8, 4) is 0 Å². The largest absolute Gasteiger partial charge is 0.385 e. The van der Waals surface area contributed by atoms with Gasteiger partial charge in [-0.15, -0.1) is 0 Å². The van der Waals surface area contributed by atoms with Gasteiger partial charge in [0.25, 0.3) is 0 Å². The van der Waals surface area contributed by atoms with Gasteiger partial charge in [-0.1, -0.05) is 6.07 Å². The number of pyridine rings is 1. The minimum absolute atomic E-state index is 0.827. The Morgan fingerprint density at radius 1 is 1.43 bits per heavy atom. The van der Waals surface area contributed by atoms with Crippen molar-refractivity contribution >= 4 is 21.7 Å². The molecule has 14 heavy (non-hydrogen) atoms. The van der Waals surface area contributed by atoms with Crippen molar-refractivity contribution in [1.29, 1.82) is 0 Å². The summed E-state index contributed by atoms with van der Waals surface area (Å²) in [5.74, 6) is 0.914. The number of nitrogens with one attached hydrogen (secondary N) is 1. The molecule has 0 fully saturated rings. The first kappa shape index (κ1) is 11.5.